The first-order chi connectivity index (χ1) is 14.5. The Morgan fingerprint density at radius 3 is 2.30 bits per heavy atom. The van der Waals surface area contributed by atoms with Gasteiger partial charge in [-0.25, -0.2) is 4.79 Å². The van der Waals surface area contributed by atoms with E-state index >= 15 is 0 Å². The van der Waals surface area contributed by atoms with Gasteiger partial charge in [-0.2, -0.15) is 0 Å². The molecule has 4 fully saturated rings. The normalized spacial score (nSPS) is 29.4. The molecular weight excluding hydrogens is 392 g/mol. The maximum Gasteiger partial charge on any atom is 0.336 e. The molecule has 0 atom stereocenters. The van der Waals surface area contributed by atoms with E-state index in [2.05, 4.69) is 30.3 Å². The van der Waals surface area contributed by atoms with Crippen LogP contribution >= 0.6 is 11.3 Å². The van der Waals surface area contributed by atoms with Crippen molar-refractivity contribution in [3.05, 3.63) is 52.9 Å². The number of aromatic carboxylic acids is 1. The number of hydrogen-bond donors (Lipinski definition) is 1. The van der Waals surface area contributed by atoms with Crippen LogP contribution in [-0.2, 0) is 5.41 Å². The zero-order valence-corrected chi connectivity index (χ0v) is 18.0. The van der Waals surface area contributed by atoms with Crippen molar-refractivity contribution in [2.24, 2.45) is 17.8 Å². The Balaban J connectivity index is 1.46. The van der Waals surface area contributed by atoms with E-state index in [0.29, 0.717) is 5.56 Å². The summed E-state index contributed by atoms with van der Waals surface area (Å²) >= 11 is 1.49. The second-order valence-corrected chi connectivity index (χ2v) is 10.7. The summed E-state index contributed by atoms with van der Waals surface area (Å²) in [5, 5.41) is 13.4. The molecule has 3 aromatic rings. The smallest absolute Gasteiger partial charge is 0.336 e. The number of ether oxygens (including phenoxy) is 1. The van der Waals surface area contributed by atoms with Crippen molar-refractivity contribution in [3.63, 3.8) is 0 Å². The first-order valence-electron chi connectivity index (χ1n) is 11.0. The molecule has 0 unspecified atom stereocenters. The van der Waals surface area contributed by atoms with Crippen molar-refractivity contribution in [2.75, 3.05) is 7.11 Å². The van der Waals surface area contributed by atoms with E-state index in [4.69, 9.17) is 4.74 Å². The molecule has 154 valence electrons. The number of carbonyl (C=O) groups is 1. The van der Waals surface area contributed by atoms with Crippen LogP contribution < -0.4 is 4.74 Å². The van der Waals surface area contributed by atoms with Gasteiger partial charge in [-0.15, -0.1) is 11.3 Å². The van der Waals surface area contributed by atoms with Crippen LogP contribution in [0, 0.1) is 17.8 Å². The third-order valence-corrected chi connectivity index (χ3v) is 8.88. The quantitative estimate of drug-likeness (QED) is 0.510. The molecule has 0 amide bonds. The minimum atomic E-state index is -0.868. The fourth-order valence-electron chi connectivity index (χ4n) is 7.05. The Morgan fingerprint density at radius 2 is 1.70 bits per heavy atom. The van der Waals surface area contributed by atoms with E-state index in [0.717, 1.165) is 33.9 Å². The fourth-order valence-corrected chi connectivity index (χ4v) is 7.93. The van der Waals surface area contributed by atoms with E-state index < -0.39 is 5.97 Å². The van der Waals surface area contributed by atoms with Crippen LogP contribution in [0.5, 0.6) is 5.75 Å². The number of fused-ring (bicyclic) bond motifs is 1. The summed E-state index contributed by atoms with van der Waals surface area (Å²) in [6.45, 7) is 0. The number of benzene rings is 2. The van der Waals surface area contributed by atoms with Crippen molar-refractivity contribution in [2.45, 2.75) is 43.9 Å². The second-order valence-electron chi connectivity index (χ2n) is 9.82. The van der Waals surface area contributed by atoms with Crippen LogP contribution in [0.25, 0.3) is 21.2 Å². The lowest BCUT2D eigenvalue weighted by Gasteiger charge is -2.57. The predicted octanol–water partition coefficient (Wildman–Crippen LogP) is 6.74. The molecule has 0 radical (unpaired) electrons. The van der Waals surface area contributed by atoms with Gasteiger partial charge in [0.25, 0.3) is 0 Å². The lowest BCUT2D eigenvalue weighted by molar-refractivity contribution is -0.00609. The SMILES string of the molecule is COc1cc2ccc(-c3cc(C(=O)O)cs3)cc2cc1C12CC3CC(CC(C3)C1)C2. The molecule has 4 aliphatic rings. The van der Waals surface area contributed by atoms with Crippen LogP contribution in [0.15, 0.2) is 41.8 Å². The van der Waals surface area contributed by atoms with Crippen molar-refractivity contribution in [1.82, 2.24) is 0 Å². The molecule has 1 aromatic heterocycles. The van der Waals surface area contributed by atoms with Crippen LogP contribution in [-0.4, -0.2) is 18.2 Å². The highest BCUT2D eigenvalue weighted by Crippen LogP contribution is 2.62. The van der Waals surface area contributed by atoms with Gasteiger partial charge in [0.05, 0.1) is 12.7 Å². The van der Waals surface area contributed by atoms with Gasteiger partial charge in [0.15, 0.2) is 0 Å². The third kappa shape index (κ3) is 2.80. The topological polar surface area (TPSA) is 46.5 Å². The van der Waals surface area contributed by atoms with E-state index in [1.54, 1.807) is 18.6 Å². The molecule has 2 aromatic carbocycles. The van der Waals surface area contributed by atoms with Crippen molar-refractivity contribution >= 4 is 28.1 Å². The van der Waals surface area contributed by atoms with Gasteiger partial charge in [-0.3, -0.25) is 0 Å². The molecular formula is C26H26O3S. The zero-order valence-electron chi connectivity index (χ0n) is 17.2. The molecule has 30 heavy (non-hydrogen) atoms. The Kier molecular flexibility index (Phi) is 4.05. The minimum Gasteiger partial charge on any atom is -0.496 e. The second kappa shape index (κ2) is 6.58. The number of thiophene rings is 1. The summed E-state index contributed by atoms with van der Waals surface area (Å²) in [5.74, 6) is 2.85. The molecule has 4 bridgehead atoms. The summed E-state index contributed by atoms with van der Waals surface area (Å²) < 4.78 is 5.92. The van der Waals surface area contributed by atoms with E-state index in [-0.39, 0.29) is 5.41 Å². The van der Waals surface area contributed by atoms with E-state index in [1.807, 2.05) is 0 Å². The number of hydrogen-bond acceptors (Lipinski definition) is 3. The summed E-state index contributed by atoms with van der Waals surface area (Å²) in [7, 11) is 1.80. The number of carboxylic acids is 1. The van der Waals surface area contributed by atoms with Gasteiger partial charge in [0.2, 0.25) is 0 Å². The maximum absolute atomic E-state index is 11.3. The van der Waals surface area contributed by atoms with E-state index in [1.165, 1.54) is 66.2 Å². The zero-order chi connectivity index (χ0) is 20.5. The van der Waals surface area contributed by atoms with Crippen LogP contribution in [0.3, 0.4) is 0 Å². The Bertz CT molecular complexity index is 1120. The van der Waals surface area contributed by atoms with Gasteiger partial charge in [0, 0.05) is 15.8 Å². The standard InChI is InChI=1S/C26H26O3S/c1-29-23-9-18-2-3-19(24-10-21(14-30-24)25(27)28)7-20(18)8-22(23)26-11-15-4-16(12-26)6-17(5-15)13-26/h2-3,7-10,14-17H,4-6,11-13H2,1H3,(H,27,28). The van der Waals surface area contributed by atoms with Crippen molar-refractivity contribution < 1.29 is 14.6 Å². The third-order valence-electron chi connectivity index (χ3n) is 7.90. The molecule has 0 spiro atoms. The predicted molar refractivity (Wildman–Crippen MR) is 121 cm³/mol. The van der Waals surface area contributed by atoms with Crippen LogP contribution in [0.2, 0.25) is 0 Å². The molecule has 0 saturated heterocycles. The molecule has 7 rings (SSSR count). The van der Waals surface area contributed by atoms with Crippen LogP contribution in [0.4, 0.5) is 0 Å². The van der Waals surface area contributed by atoms with Gasteiger partial charge < -0.3 is 9.84 Å². The molecule has 1 heterocycles. The van der Waals surface area contributed by atoms with Crippen molar-refractivity contribution in [3.8, 4) is 16.2 Å². The lowest BCUT2D eigenvalue weighted by atomic mass is 9.48. The van der Waals surface area contributed by atoms with Gasteiger partial charge in [-0.1, -0.05) is 12.1 Å². The van der Waals surface area contributed by atoms with Gasteiger partial charge >= 0.3 is 5.97 Å². The fraction of sp³-hybridized carbons (Fsp3) is 0.423. The van der Waals surface area contributed by atoms with Gasteiger partial charge in [-0.05, 0) is 102 Å². The number of carboxylic acid groups (broad SMARTS) is 1. The summed E-state index contributed by atoms with van der Waals surface area (Å²) in [5.41, 5.74) is 3.14. The Hall–Kier alpha value is -2.33. The summed E-state index contributed by atoms with van der Waals surface area (Å²) in [4.78, 5) is 12.3. The lowest BCUT2D eigenvalue weighted by Crippen LogP contribution is -2.48. The number of rotatable bonds is 4. The minimum absolute atomic E-state index is 0.281. The average molecular weight is 419 g/mol. The molecule has 0 aliphatic heterocycles. The Labute approximate surface area is 180 Å². The maximum atomic E-state index is 11.3. The molecule has 4 aliphatic carbocycles. The largest absolute Gasteiger partial charge is 0.496 e. The molecule has 4 heteroatoms. The molecule has 1 N–H and O–H groups in total. The highest BCUT2D eigenvalue weighted by Gasteiger charge is 2.52. The summed E-state index contributed by atoms with van der Waals surface area (Å²) in [6, 6.07) is 12.8. The van der Waals surface area contributed by atoms with Gasteiger partial charge in [0.1, 0.15) is 5.75 Å². The number of methoxy groups -OCH3 is 1. The highest BCUT2D eigenvalue weighted by atomic mass is 32.1. The van der Waals surface area contributed by atoms with E-state index in [9.17, 15) is 9.90 Å². The monoisotopic (exact) mass is 418 g/mol. The first kappa shape index (κ1) is 18.4. The Morgan fingerprint density at radius 1 is 1.00 bits per heavy atom. The summed E-state index contributed by atoms with van der Waals surface area (Å²) in [6.07, 6.45) is 8.24. The molecule has 4 saturated carbocycles. The molecule has 3 nitrogen and oxygen atoms in total. The highest BCUT2D eigenvalue weighted by molar-refractivity contribution is 7.13. The van der Waals surface area contributed by atoms with Crippen molar-refractivity contribution in [1.29, 1.82) is 0 Å². The average Bonchev–Trinajstić information content (AvgIpc) is 3.22. The van der Waals surface area contributed by atoms with Crippen LogP contribution in [0.1, 0.15) is 54.4 Å². The first-order valence-corrected chi connectivity index (χ1v) is 11.9.